The van der Waals surface area contributed by atoms with Gasteiger partial charge in [-0.3, -0.25) is 4.79 Å². The number of phenols is 2. The van der Waals surface area contributed by atoms with Gasteiger partial charge in [0.15, 0.2) is 17.2 Å². The minimum absolute atomic E-state index is 0. The lowest BCUT2D eigenvalue weighted by Crippen LogP contribution is -1.97. The highest BCUT2D eigenvalue weighted by Gasteiger charge is 2.09. The molecule has 15 heavy (non-hydrogen) atoms. The van der Waals surface area contributed by atoms with Crippen molar-refractivity contribution in [1.82, 2.24) is 0 Å². The molecular weight excluding hydrogens is 196 g/mol. The lowest BCUT2D eigenvalue weighted by Gasteiger charge is -1.98. The predicted molar refractivity (Wildman–Crippen MR) is 59.4 cm³/mol. The average Bonchev–Trinajstić information content (AvgIpc) is 2.35. The highest BCUT2D eigenvalue weighted by molar-refractivity contribution is 5.90. The molecule has 0 aromatic heterocycles. The van der Waals surface area contributed by atoms with Crippen LogP contribution in [0.3, 0.4) is 0 Å². The van der Waals surface area contributed by atoms with Crippen molar-refractivity contribution in [2.24, 2.45) is 0 Å². The van der Waals surface area contributed by atoms with Crippen molar-refractivity contribution in [2.45, 2.75) is 0 Å². The fourth-order valence-electron chi connectivity index (χ4n) is 1.42. The summed E-state index contributed by atoms with van der Waals surface area (Å²) in [5, 5.41) is 28.4. The number of rotatable bonds is 0. The molecule has 0 saturated carbocycles. The van der Waals surface area contributed by atoms with E-state index >= 15 is 0 Å². The fraction of sp³-hybridized carbons (Fsp3) is 0. The monoisotopic (exact) mass is 208 g/mol. The zero-order chi connectivity index (χ0) is 11.0. The molecule has 2 aromatic carbocycles. The maximum Gasteiger partial charge on any atom is 0.231 e. The highest BCUT2D eigenvalue weighted by Crippen LogP contribution is 2.31. The molecule has 0 saturated heterocycles. The van der Waals surface area contributed by atoms with Crippen molar-refractivity contribution in [3.8, 4) is 17.2 Å². The highest BCUT2D eigenvalue weighted by atomic mass is 16.3. The summed E-state index contributed by atoms with van der Waals surface area (Å²) in [6.07, 6.45) is 0. The van der Waals surface area contributed by atoms with Gasteiger partial charge in [-0.2, -0.15) is 0 Å². The van der Waals surface area contributed by atoms with Crippen LogP contribution in [0.25, 0.3) is 10.8 Å². The second-order valence-electron chi connectivity index (χ2n) is 3.14. The molecule has 0 heterocycles. The summed E-state index contributed by atoms with van der Waals surface area (Å²) in [6.45, 7) is 0. The number of hydrogen-bond donors (Lipinski definition) is 3. The molecule has 0 amide bonds. The Bertz CT molecular complexity index is 599. The maximum atomic E-state index is 11.6. The first-order valence-corrected chi connectivity index (χ1v) is 4.28. The van der Waals surface area contributed by atoms with Gasteiger partial charge in [-0.25, -0.2) is 0 Å². The summed E-state index contributed by atoms with van der Waals surface area (Å²) >= 11 is 0. The average molecular weight is 208 g/mol. The summed E-state index contributed by atoms with van der Waals surface area (Å²) in [4.78, 5) is 11.6. The van der Waals surface area contributed by atoms with Gasteiger partial charge in [0, 0.05) is 2.85 Å². The van der Waals surface area contributed by atoms with Crippen LogP contribution in [0.2, 0.25) is 0 Å². The molecule has 0 fully saturated rings. The molecule has 4 heteroatoms. The van der Waals surface area contributed by atoms with Crippen LogP contribution in [0, 0.1) is 0 Å². The van der Waals surface area contributed by atoms with Gasteiger partial charge in [0.05, 0.1) is 5.39 Å². The van der Waals surface area contributed by atoms with Crippen LogP contribution in [0.15, 0.2) is 35.1 Å². The van der Waals surface area contributed by atoms with E-state index in [-0.39, 0.29) is 14.0 Å². The Kier molecular flexibility index (Phi) is 1.97. The van der Waals surface area contributed by atoms with Crippen LogP contribution in [0.5, 0.6) is 17.2 Å². The summed E-state index contributed by atoms with van der Waals surface area (Å²) in [5.74, 6) is -1.36. The summed E-state index contributed by atoms with van der Waals surface area (Å²) < 4.78 is 0. The molecule has 0 unspecified atom stereocenters. The Labute approximate surface area is 87.6 Å². The zero-order valence-corrected chi connectivity index (χ0v) is 7.64. The van der Waals surface area contributed by atoms with Gasteiger partial charge in [-0.05, 0) is 17.5 Å². The Morgan fingerprint density at radius 1 is 0.933 bits per heavy atom. The minimum Gasteiger partial charge on any atom is -0.504 e. The van der Waals surface area contributed by atoms with Crippen molar-refractivity contribution in [3.05, 3.63) is 40.6 Å². The number of hydrogen-bond acceptors (Lipinski definition) is 4. The van der Waals surface area contributed by atoms with E-state index in [1.165, 1.54) is 24.3 Å². The van der Waals surface area contributed by atoms with Crippen LogP contribution in [-0.4, -0.2) is 15.3 Å². The quantitative estimate of drug-likeness (QED) is 0.577. The zero-order valence-electron chi connectivity index (χ0n) is 7.64. The second-order valence-corrected chi connectivity index (χ2v) is 3.14. The number of benzene rings is 1. The molecule has 3 N–H and O–H groups in total. The molecule has 0 aliphatic rings. The van der Waals surface area contributed by atoms with E-state index in [0.29, 0.717) is 5.39 Å². The Morgan fingerprint density at radius 3 is 2.40 bits per heavy atom. The first-order chi connectivity index (χ1) is 7.11. The third-order valence-electron chi connectivity index (χ3n) is 2.18. The Hall–Kier alpha value is -2.23. The third-order valence-corrected chi connectivity index (χ3v) is 2.18. The van der Waals surface area contributed by atoms with Gasteiger partial charge in [0.2, 0.25) is 5.43 Å². The van der Waals surface area contributed by atoms with Crippen molar-refractivity contribution in [3.63, 3.8) is 0 Å². The first-order valence-electron chi connectivity index (χ1n) is 4.28. The lowest BCUT2D eigenvalue weighted by molar-refractivity contribution is 0.407. The van der Waals surface area contributed by atoms with Gasteiger partial charge >= 0.3 is 0 Å². The number of fused-ring (bicyclic) bond motifs is 1. The Balaban J connectivity index is 0.00000128. The van der Waals surface area contributed by atoms with Crippen molar-refractivity contribution < 1.29 is 18.2 Å². The van der Waals surface area contributed by atoms with Crippen molar-refractivity contribution in [2.75, 3.05) is 0 Å². The third kappa shape index (κ3) is 1.36. The molecule has 2 rings (SSSR count). The van der Waals surface area contributed by atoms with Crippen LogP contribution < -0.4 is 5.43 Å². The molecular formula is C11H12O4. The van der Waals surface area contributed by atoms with Gasteiger partial charge < -0.3 is 15.3 Å². The molecule has 0 aliphatic heterocycles. The van der Waals surface area contributed by atoms with E-state index in [0.717, 1.165) is 0 Å². The maximum absolute atomic E-state index is 11.6. The van der Waals surface area contributed by atoms with E-state index in [4.69, 9.17) is 0 Å². The summed E-state index contributed by atoms with van der Waals surface area (Å²) in [7, 11) is 0. The van der Waals surface area contributed by atoms with Crippen LogP contribution in [0.1, 0.15) is 2.85 Å². The fourth-order valence-corrected chi connectivity index (χ4v) is 1.42. The minimum atomic E-state index is -0.705. The Morgan fingerprint density at radius 2 is 1.67 bits per heavy atom. The molecule has 0 radical (unpaired) electrons. The molecule has 80 valence electrons. The normalized spacial score (nSPS) is 10.4. The predicted octanol–water partition coefficient (Wildman–Crippen LogP) is 1.81. The molecule has 0 aliphatic carbocycles. The van der Waals surface area contributed by atoms with Gasteiger partial charge in [-0.15, -0.1) is 0 Å². The van der Waals surface area contributed by atoms with Crippen molar-refractivity contribution in [1.29, 1.82) is 0 Å². The number of aromatic hydroxyl groups is 3. The second kappa shape index (κ2) is 3.16. The summed E-state index contributed by atoms with van der Waals surface area (Å²) in [5.41, 5.74) is -0.705. The van der Waals surface area contributed by atoms with Crippen molar-refractivity contribution >= 4 is 10.8 Å². The van der Waals surface area contributed by atoms with Crippen LogP contribution >= 0.6 is 0 Å². The topological polar surface area (TPSA) is 77.8 Å². The van der Waals surface area contributed by atoms with Gasteiger partial charge in [0.1, 0.15) is 0 Å². The van der Waals surface area contributed by atoms with Crippen LogP contribution in [0.4, 0.5) is 0 Å². The molecule has 4 nitrogen and oxygen atoms in total. The van der Waals surface area contributed by atoms with E-state index < -0.39 is 16.9 Å². The van der Waals surface area contributed by atoms with Gasteiger partial charge in [0.25, 0.3) is 0 Å². The molecule has 0 bridgehead atoms. The van der Waals surface area contributed by atoms with Crippen LogP contribution in [-0.2, 0) is 0 Å². The van der Waals surface area contributed by atoms with Gasteiger partial charge in [-0.1, -0.05) is 18.2 Å². The lowest BCUT2D eigenvalue weighted by atomic mass is 10.1. The molecule has 0 atom stereocenters. The molecule has 2 aromatic rings. The van der Waals surface area contributed by atoms with E-state index in [1.54, 1.807) is 6.07 Å². The number of phenolic OH excluding ortho intramolecular Hbond substituents is 2. The molecule has 0 spiro atoms. The standard InChI is InChI=1S/C11H8O4.2H2/c12-7-3-1-2-6-4-5-8(13)11(15)9(6)10(7)14;;/h1-5,13,15H,(H,12,14);2*1H. The van der Waals surface area contributed by atoms with E-state index in [1.807, 2.05) is 0 Å². The SMILES string of the molecule is O=c1c(O)cccc2ccc(O)c(O)c12.[HH].[HH]. The van der Waals surface area contributed by atoms with E-state index in [2.05, 4.69) is 0 Å². The first kappa shape index (κ1) is 9.33. The summed E-state index contributed by atoms with van der Waals surface area (Å²) in [6, 6.07) is 7.07. The van der Waals surface area contributed by atoms with E-state index in [9.17, 15) is 20.1 Å². The largest absolute Gasteiger partial charge is 0.504 e. The smallest absolute Gasteiger partial charge is 0.231 e.